The minimum absolute atomic E-state index is 0.0832. The Morgan fingerprint density at radius 1 is 1.19 bits per heavy atom. The molecule has 6 heteroatoms. The third-order valence-electron chi connectivity index (χ3n) is 4.08. The molecule has 0 bridgehead atoms. The SMILES string of the molecule is Cc1cc(C)c(C(=O)OCC(=O)N[C@@H](CC(C)C)c2ccccc2)c(Cl)n1. The van der Waals surface area contributed by atoms with Crippen molar-refractivity contribution in [2.24, 2.45) is 5.92 Å². The Balaban J connectivity index is 2.01. The predicted molar refractivity (Wildman–Crippen MR) is 106 cm³/mol. The molecule has 0 saturated heterocycles. The van der Waals surface area contributed by atoms with Crippen LogP contribution in [0, 0.1) is 19.8 Å². The van der Waals surface area contributed by atoms with E-state index in [1.54, 1.807) is 19.9 Å². The van der Waals surface area contributed by atoms with Gasteiger partial charge in [-0.15, -0.1) is 0 Å². The molecule has 0 aliphatic carbocycles. The van der Waals surface area contributed by atoms with Gasteiger partial charge in [-0.3, -0.25) is 4.79 Å². The van der Waals surface area contributed by atoms with E-state index < -0.39 is 5.97 Å². The lowest BCUT2D eigenvalue weighted by atomic mass is 9.97. The quantitative estimate of drug-likeness (QED) is 0.563. The first-order chi connectivity index (χ1) is 12.8. The van der Waals surface area contributed by atoms with Crippen molar-refractivity contribution in [1.29, 1.82) is 0 Å². The second-order valence-electron chi connectivity index (χ2n) is 6.98. The number of nitrogens with one attached hydrogen (secondary N) is 1. The largest absolute Gasteiger partial charge is 0.452 e. The minimum Gasteiger partial charge on any atom is -0.452 e. The predicted octanol–water partition coefficient (Wildman–Crippen LogP) is 4.41. The van der Waals surface area contributed by atoms with Crippen molar-refractivity contribution in [2.45, 2.75) is 40.2 Å². The molecule has 0 radical (unpaired) electrons. The molecule has 2 rings (SSSR count). The summed E-state index contributed by atoms with van der Waals surface area (Å²) in [6.45, 7) is 7.36. The maximum atomic E-state index is 12.3. The molecule has 1 aromatic heterocycles. The van der Waals surface area contributed by atoms with Gasteiger partial charge in [-0.1, -0.05) is 55.8 Å². The molecular formula is C21H25ClN2O3. The lowest BCUT2D eigenvalue weighted by molar-refractivity contribution is -0.125. The Hall–Kier alpha value is -2.40. The average molecular weight is 389 g/mol. The number of carbonyl (C=O) groups excluding carboxylic acids is 2. The molecule has 0 spiro atoms. The molecule has 0 aliphatic rings. The van der Waals surface area contributed by atoms with Crippen molar-refractivity contribution in [2.75, 3.05) is 6.61 Å². The summed E-state index contributed by atoms with van der Waals surface area (Å²) in [6.07, 6.45) is 0.788. The summed E-state index contributed by atoms with van der Waals surface area (Å²) in [5.41, 5.74) is 2.59. The first-order valence-electron chi connectivity index (χ1n) is 8.93. The van der Waals surface area contributed by atoms with Crippen LogP contribution in [0.15, 0.2) is 36.4 Å². The lowest BCUT2D eigenvalue weighted by Crippen LogP contribution is -2.33. The zero-order chi connectivity index (χ0) is 20.0. The summed E-state index contributed by atoms with van der Waals surface area (Å²) in [5.74, 6) is -0.606. The maximum absolute atomic E-state index is 12.3. The normalized spacial score (nSPS) is 11.9. The molecule has 0 fully saturated rings. The molecule has 1 amide bonds. The van der Waals surface area contributed by atoms with Gasteiger partial charge in [0, 0.05) is 5.69 Å². The summed E-state index contributed by atoms with van der Waals surface area (Å²) >= 11 is 6.05. The summed E-state index contributed by atoms with van der Waals surface area (Å²) in [6, 6.07) is 11.4. The van der Waals surface area contributed by atoms with E-state index in [1.165, 1.54) is 0 Å². The lowest BCUT2D eigenvalue weighted by Gasteiger charge is -2.21. The number of hydrogen-bond acceptors (Lipinski definition) is 4. The van der Waals surface area contributed by atoms with Crippen LogP contribution in [0.5, 0.6) is 0 Å². The van der Waals surface area contributed by atoms with Crippen LogP contribution in [0.3, 0.4) is 0 Å². The number of carbonyl (C=O) groups is 2. The maximum Gasteiger partial charge on any atom is 0.342 e. The molecule has 1 atom stereocenters. The molecule has 0 saturated carbocycles. The van der Waals surface area contributed by atoms with E-state index in [0.29, 0.717) is 17.2 Å². The van der Waals surface area contributed by atoms with Crippen LogP contribution in [0.2, 0.25) is 5.15 Å². The third kappa shape index (κ3) is 6.07. The van der Waals surface area contributed by atoms with Crippen LogP contribution in [0.4, 0.5) is 0 Å². The fourth-order valence-corrected chi connectivity index (χ4v) is 3.27. The topological polar surface area (TPSA) is 68.3 Å². The first kappa shape index (κ1) is 20.9. The number of rotatable bonds is 7. The van der Waals surface area contributed by atoms with Crippen molar-refractivity contribution < 1.29 is 14.3 Å². The second kappa shape index (κ2) is 9.51. The van der Waals surface area contributed by atoms with E-state index in [0.717, 1.165) is 12.0 Å². The molecule has 2 aromatic rings. The number of aryl methyl sites for hydroxylation is 2. The second-order valence-corrected chi connectivity index (χ2v) is 7.34. The van der Waals surface area contributed by atoms with Crippen molar-refractivity contribution in [1.82, 2.24) is 10.3 Å². The number of pyridine rings is 1. The number of benzene rings is 1. The van der Waals surface area contributed by atoms with Crippen molar-refractivity contribution >= 4 is 23.5 Å². The standard InChI is InChI=1S/C21H25ClN2O3/c1-13(2)10-17(16-8-6-5-7-9-16)24-18(25)12-27-21(26)19-14(3)11-15(4)23-20(19)22/h5-9,11,13,17H,10,12H2,1-4H3,(H,24,25)/t17-/m0/s1. The summed E-state index contributed by atoms with van der Waals surface area (Å²) < 4.78 is 5.16. The number of amides is 1. The van der Waals surface area contributed by atoms with E-state index in [2.05, 4.69) is 24.1 Å². The van der Waals surface area contributed by atoms with Crippen molar-refractivity contribution in [3.8, 4) is 0 Å². The summed E-state index contributed by atoms with van der Waals surface area (Å²) in [4.78, 5) is 28.7. The average Bonchev–Trinajstić information content (AvgIpc) is 2.59. The van der Waals surface area contributed by atoms with Crippen LogP contribution in [0.1, 0.15) is 53.5 Å². The van der Waals surface area contributed by atoms with E-state index in [1.807, 2.05) is 30.3 Å². The van der Waals surface area contributed by atoms with Crippen LogP contribution in [0.25, 0.3) is 0 Å². The van der Waals surface area contributed by atoms with Crippen LogP contribution in [-0.4, -0.2) is 23.5 Å². The molecule has 0 aliphatic heterocycles. The molecular weight excluding hydrogens is 364 g/mol. The van der Waals surface area contributed by atoms with Gasteiger partial charge in [0.15, 0.2) is 6.61 Å². The first-order valence-corrected chi connectivity index (χ1v) is 9.31. The number of nitrogens with zero attached hydrogens (tertiary/aromatic N) is 1. The highest BCUT2D eigenvalue weighted by Crippen LogP contribution is 2.22. The zero-order valence-corrected chi connectivity index (χ0v) is 16.8. The number of aromatic nitrogens is 1. The summed E-state index contributed by atoms with van der Waals surface area (Å²) in [7, 11) is 0. The van der Waals surface area contributed by atoms with Crippen LogP contribution < -0.4 is 5.32 Å². The smallest absolute Gasteiger partial charge is 0.342 e. The Labute approximate surface area is 165 Å². The fraction of sp³-hybridized carbons (Fsp3) is 0.381. The Kier molecular flexibility index (Phi) is 7.36. The van der Waals surface area contributed by atoms with E-state index >= 15 is 0 Å². The molecule has 1 N–H and O–H groups in total. The van der Waals surface area contributed by atoms with Gasteiger partial charge in [-0.25, -0.2) is 9.78 Å². The van der Waals surface area contributed by atoms with E-state index in [9.17, 15) is 9.59 Å². The Bertz CT molecular complexity index is 783. The van der Waals surface area contributed by atoms with Crippen LogP contribution >= 0.6 is 11.6 Å². The van der Waals surface area contributed by atoms with Crippen LogP contribution in [-0.2, 0) is 9.53 Å². The fourth-order valence-electron chi connectivity index (χ4n) is 2.91. The number of halogens is 1. The third-order valence-corrected chi connectivity index (χ3v) is 4.36. The molecule has 1 heterocycles. The van der Waals surface area contributed by atoms with E-state index in [-0.39, 0.29) is 29.3 Å². The molecule has 5 nitrogen and oxygen atoms in total. The minimum atomic E-state index is -0.653. The number of hydrogen-bond donors (Lipinski definition) is 1. The zero-order valence-electron chi connectivity index (χ0n) is 16.1. The van der Waals surface area contributed by atoms with Gasteiger partial charge >= 0.3 is 5.97 Å². The molecule has 144 valence electrons. The Morgan fingerprint density at radius 2 is 1.85 bits per heavy atom. The van der Waals surface area contributed by atoms with Gasteiger partial charge in [-0.2, -0.15) is 0 Å². The number of ether oxygens (including phenoxy) is 1. The van der Waals surface area contributed by atoms with Gasteiger partial charge in [0.05, 0.1) is 11.6 Å². The number of esters is 1. The van der Waals surface area contributed by atoms with Gasteiger partial charge in [-0.05, 0) is 43.4 Å². The van der Waals surface area contributed by atoms with Crippen molar-refractivity contribution in [3.05, 3.63) is 63.9 Å². The van der Waals surface area contributed by atoms with Gasteiger partial charge in [0.1, 0.15) is 5.15 Å². The molecule has 0 unspecified atom stereocenters. The highest BCUT2D eigenvalue weighted by molar-refractivity contribution is 6.32. The summed E-state index contributed by atoms with van der Waals surface area (Å²) in [5, 5.41) is 3.03. The molecule has 1 aromatic carbocycles. The highest BCUT2D eigenvalue weighted by atomic mass is 35.5. The van der Waals surface area contributed by atoms with E-state index in [4.69, 9.17) is 16.3 Å². The van der Waals surface area contributed by atoms with Gasteiger partial charge < -0.3 is 10.1 Å². The highest BCUT2D eigenvalue weighted by Gasteiger charge is 2.20. The Morgan fingerprint density at radius 3 is 2.44 bits per heavy atom. The van der Waals surface area contributed by atoms with Crippen molar-refractivity contribution in [3.63, 3.8) is 0 Å². The van der Waals surface area contributed by atoms with Gasteiger partial charge in [0.25, 0.3) is 5.91 Å². The van der Waals surface area contributed by atoms with Gasteiger partial charge in [0.2, 0.25) is 0 Å². The monoisotopic (exact) mass is 388 g/mol. The molecule has 27 heavy (non-hydrogen) atoms.